The Hall–Kier alpha value is -1.23. The summed E-state index contributed by atoms with van der Waals surface area (Å²) in [5.41, 5.74) is 1.34. The van der Waals surface area contributed by atoms with Crippen molar-refractivity contribution >= 4 is 50.8 Å². The molecule has 1 atom stereocenters. The molecule has 0 fully saturated rings. The smallest absolute Gasteiger partial charge is 0.333 e. The lowest BCUT2D eigenvalue weighted by atomic mass is 10.1. The van der Waals surface area contributed by atoms with Crippen molar-refractivity contribution in [2.75, 3.05) is 12.4 Å². The summed E-state index contributed by atoms with van der Waals surface area (Å²) in [7, 11) is 1.33. The van der Waals surface area contributed by atoms with Crippen molar-refractivity contribution in [2.24, 2.45) is 0 Å². The molecule has 0 spiro atoms. The molecule has 0 aliphatic carbocycles. The molecule has 2 aromatic rings. The zero-order chi connectivity index (χ0) is 15.4. The molecule has 21 heavy (non-hydrogen) atoms. The van der Waals surface area contributed by atoms with E-state index in [1.807, 2.05) is 24.3 Å². The van der Waals surface area contributed by atoms with E-state index in [2.05, 4.69) is 21.2 Å². The lowest BCUT2D eigenvalue weighted by molar-refractivity contribution is -0.141. The summed E-state index contributed by atoms with van der Waals surface area (Å²) in [6, 6.07) is 11.7. The molecule has 0 bridgehead atoms. The van der Waals surface area contributed by atoms with Crippen LogP contribution in [0.1, 0.15) is 11.6 Å². The van der Waals surface area contributed by atoms with Crippen LogP contribution in [0.5, 0.6) is 0 Å². The van der Waals surface area contributed by atoms with Crippen LogP contribution in [0.4, 0.5) is 5.69 Å². The number of rotatable bonds is 4. The molecule has 0 amide bonds. The Labute approximate surface area is 141 Å². The van der Waals surface area contributed by atoms with Crippen LogP contribution in [-0.4, -0.2) is 13.1 Å². The Morgan fingerprint density at radius 2 is 1.86 bits per heavy atom. The van der Waals surface area contributed by atoms with Gasteiger partial charge in [-0.3, -0.25) is 0 Å². The highest BCUT2D eigenvalue weighted by atomic mass is 79.9. The van der Waals surface area contributed by atoms with Gasteiger partial charge >= 0.3 is 5.97 Å². The van der Waals surface area contributed by atoms with Gasteiger partial charge in [-0.05, 0) is 42.5 Å². The predicted molar refractivity (Wildman–Crippen MR) is 89.0 cm³/mol. The van der Waals surface area contributed by atoms with Crippen LogP contribution in [-0.2, 0) is 9.53 Å². The maximum absolute atomic E-state index is 12.1. The molecule has 0 aromatic heterocycles. The third-order valence-corrected chi connectivity index (χ3v) is 3.97. The van der Waals surface area contributed by atoms with E-state index >= 15 is 0 Å². The van der Waals surface area contributed by atoms with Crippen LogP contribution in [0.2, 0.25) is 10.0 Å². The van der Waals surface area contributed by atoms with Crippen LogP contribution >= 0.6 is 39.1 Å². The largest absolute Gasteiger partial charge is 0.467 e. The molecule has 6 heteroatoms. The first-order valence-electron chi connectivity index (χ1n) is 6.06. The molecule has 0 aliphatic heterocycles. The molecule has 3 nitrogen and oxygen atoms in total. The minimum atomic E-state index is -0.734. The van der Waals surface area contributed by atoms with Gasteiger partial charge in [0, 0.05) is 25.8 Å². The topological polar surface area (TPSA) is 38.3 Å². The average Bonchev–Trinajstić information content (AvgIpc) is 2.48. The van der Waals surface area contributed by atoms with Gasteiger partial charge in [0.05, 0.1) is 7.11 Å². The first-order chi connectivity index (χ1) is 10.0. The molecule has 0 saturated heterocycles. The SMILES string of the molecule is COC(=O)C(Nc1ccc(Br)cc1)c1cc(Cl)ccc1Cl. The van der Waals surface area contributed by atoms with Crippen molar-refractivity contribution in [2.45, 2.75) is 6.04 Å². The minimum absolute atomic E-state index is 0.443. The molecule has 0 heterocycles. The van der Waals surface area contributed by atoms with Gasteiger partial charge in [-0.25, -0.2) is 4.79 Å². The Morgan fingerprint density at radius 1 is 1.19 bits per heavy atom. The lowest BCUT2D eigenvalue weighted by Gasteiger charge is -2.19. The number of carbonyl (C=O) groups excluding carboxylic acids is 1. The first kappa shape index (κ1) is 16.1. The zero-order valence-electron chi connectivity index (χ0n) is 11.1. The fraction of sp³-hybridized carbons (Fsp3) is 0.133. The minimum Gasteiger partial charge on any atom is -0.467 e. The van der Waals surface area contributed by atoms with Crippen molar-refractivity contribution in [1.29, 1.82) is 0 Å². The van der Waals surface area contributed by atoms with E-state index in [0.717, 1.165) is 10.2 Å². The number of carbonyl (C=O) groups is 1. The molecule has 1 N–H and O–H groups in total. The quantitative estimate of drug-likeness (QED) is 0.742. The van der Waals surface area contributed by atoms with E-state index in [9.17, 15) is 4.79 Å². The second-order valence-corrected chi connectivity index (χ2v) is 6.03. The van der Waals surface area contributed by atoms with Crippen molar-refractivity contribution in [3.8, 4) is 0 Å². The van der Waals surface area contributed by atoms with Crippen LogP contribution in [0.3, 0.4) is 0 Å². The van der Waals surface area contributed by atoms with E-state index in [1.165, 1.54) is 7.11 Å². The second kappa shape index (κ2) is 7.16. The third kappa shape index (κ3) is 4.13. The van der Waals surface area contributed by atoms with E-state index in [0.29, 0.717) is 15.6 Å². The Kier molecular flexibility index (Phi) is 5.51. The van der Waals surface area contributed by atoms with Gasteiger partial charge in [0.15, 0.2) is 6.04 Å². The van der Waals surface area contributed by atoms with E-state index in [1.54, 1.807) is 18.2 Å². The van der Waals surface area contributed by atoms with Gasteiger partial charge in [-0.15, -0.1) is 0 Å². The van der Waals surface area contributed by atoms with Gasteiger partial charge in [0.25, 0.3) is 0 Å². The molecule has 0 aliphatic rings. The fourth-order valence-electron chi connectivity index (χ4n) is 1.83. The number of ether oxygens (including phenoxy) is 1. The Balaban J connectivity index is 2.36. The molecular weight excluding hydrogens is 377 g/mol. The monoisotopic (exact) mass is 387 g/mol. The van der Waals surface area contributed by atoms with Crippen molar-refractivity contribution in [1.82, 2.24) is 0 Å². The third-order valence-electron chi connectivity index (χ3n) is 2.86. The molecular formula is C15H12BrCl2NO2. The normalized spacial score (nSPS) is 11.8. The van der Waals surface area contributed by atoms with E-state index in [4.69, 9.17) is 27.9 Å². The number of hydrogen-bond acceptors (Lipinski definition) is 3. The summed E-state index contributed by atoms with van der Waals surface area (Å²) in [4.78, 5) is 12.1. The molecule has 110 valence electrons. The maximum Gasteiger partial charge on any atom is 0.333 e. The predicted octanol–water partition coefficient (Wildman–Crippen LogP) is 5.08. The highest BCUT2D eigenvalue weighted by Crippen LogP contribution is 2.30. The lowest BCUT2D eigenvalue weighted by Crippen LogP contribution is -2.22. The van der Waals surface area contributed by atoms with E-state index < -0.39 is 12.0 Å². The number of anilines is 1. The average molecular weight is 389 g/mol. The zero-order valence-corrected chi connectivity index (χ0v) is 14.2. The summed E-state index contributed by atoms with van der Waals surface area (Å²) in [5, 5.41) is 4.05. The number of methoxy groups -OCH3 is 1. The van der Waals surface area contributed by atoms with Crippen molar-refractivity contribution in [3.05, 3.63) is 62.5 Å². The summed E-state index contributed by atoms with van der Waals surface area (Å²) < 4.78 is 5.79. The highest BCUT2D eigenvalue weighted by molar-refractivity contribution is 9.10. The number of nitrogens with one attached hydrogen (secondary N) is 1. The summed E-state index contributed by atoms with van der Waals surface area (Å²) in [6.07, 6.45) is 0. The molecule has 2 rings (SSSR count). The standard InChI is InChI=1S/C15H12BrCl2NO2/c1-21-15(20)14(12-8-10(17)4-7-13(12)18)19-11-5-2-9(16)3-6-11/h2-8,14,19H,1H3. The second-order valence-electron chi connectivity index (χ2n) is 4.27. The van der Waals surface area contributed by atoms with Crippen LogP contribution < -0.4 is 5.32 Å². The van der Waals surface area contributed by atoms with Gasteiger partial charge in [0.2, 0.25) is 0 Å². The highest BCUT2D eigenvalue weighted by Gasteiger charge is 2.24. The van der Waals surface area contributed by atoms with Crippen LogP contribution in [0.15, 0.2) is 46.9 Å². The number of halogens is 3. The van der Waals surface area contributed by atoms with Gasteiger partial charge in [-0.1, -0.05) is 39.1 Å². The van der Waals surface area contributed by atoms with Gasteiger partial charge in [0.1, 0.15) is 0 Å². The molecule has 0 radical (unpaired) electrons. The van der Waals surface area contributed by atoms with Gasteiger partial charge in [-0.2, -0.15) is 0 Å². The van der Waals surface area contributed by atoms with Crippen molar-refractivity contribution in [3.63, 3.8) is 0 Å². The summed E-state index contributed by atoms with van der Waals surface area (Å²) in [6.45, 7) is 0. The number of benzene rings is 2. The Morgan fingerprint density at radius 3 is 2.48 bits per heavy atom. The summed E-state index contributed by atoms with van der Waals surface area (Å²) in [5.74, 6) is -0.443. The van der Waals surface area contributed by atoms with Crippen molar-refractivity contribution < 1.29 is 9.53 Å². The van der Waals surface area contributed by atoms with Crippen LogP contribution in [0, 0.1) is 0 Å². The number of hydrogen-bond donors (Lipinski definition) is 1. The maximum atomic E-state index is 12.1. The van der Waals surface area contributed by atoms with Gasteiger partial charge < -0.3 is 10.1 Å². The first-order valence-corrected chi connectivity index (χ1v) is 7.61. The molecule has 1 unspecified atom stereocenters. The molecule has 0 saturated carbocycles. The molecule has 2 aromatic carbocycles. The fourth-order valence-corrected chi connectivity index (χ4v) is 2.50. The number of esters is 1. The van der Waals surface area contributed by atoms with E-state index in [-0.39, 0.29) is 0 Å². The summed E-state index contributed by atoms with van der Waals surface area (Å²) >= 11 is 15.5. The Bertz CT molecular complexity index is 647. The van der Waals surface area contributed by atoms with Crippen LogP contribution in [0.25, 0.3) is 0 Å².